The van der Waals surface area contributed by atoms with Gasteiger partial charge in [0.1, 0.15) is 23.2 Å². The summed E-state index contributed by atoms with van der Waals surface area (Å²) in [6.07, 6.45) is 3.54. The second-order valence-corrected chi connectivity index (χ2v) is 16.4. The van der Waals surface area contributed by atoms with E-state index in [1.165, 1.54) is 15.9 Å². The van der Waals surface area contributed by atoms with Gasteiger partial charge in [-0.05, 0) is 36.4 Å². The van der Waals surface area contributed by atoms with Crippen LogP contribution in [0.5, 0.6) is 0 Å². The second kappa shape index (κ2) is 9.64. The normalized spacial score (nSPS) is 12.0. The number of benzene rings is 3. The van der Waals surface area contributed by atoms with E-state index in [0.29, 0.717) is 0 Å². The van der Waals surface area contributed by atoms with E-state index in [9.17, 15) is 0 Å². The molecule has 0 fully saturated rings. The lowest BCUT2D eigenvalue weighted by Gasteiger charge is -2.27. The van der Waals surface area contributed by atoms with E-state index >= 15 is 0 Å². The topological polar surface area (TPSA) is 0 Å². The molecule has 0 spiro atoms. The summed E-state index contributed by atoms with van der Waals surface area (Å²) in [6, 6.07) is 33.3. The van der Waals surface area contributed by atoms with Crippen molar-refractivity contribution in [2.75, 3.05) is 6.16 Å². The van der Waals surface area contributed by atoms with Gasteiger partial charge in [0, 0.05) is 0 Å². The third-order valence-electron chi connectivity index (χ3n) is 4.59. The molecule has 3 aromatic carbocycles. The predicted octanol–water partition coefficient (Wildman–Crippen LogP) is 2.42. The van der Waals surface area contributed by atoms with E-state index in [4.69, 9.17) is 0 Å². The van der Waals surface area contributed by atoms with Gasteiger partial charge >= 0.3 is 0 Å². The molecule has 3 aromatic rings. The van der Waals surface area contributed by atoms with Crippen LogP contribution in [-0.4, -0.2) is 14.2 Å². The first-order chi connectivity index (χ1) is 12.5. The zero-order valence-corrected chi connectivity index (χ0v) is 19.8. The SMILES string of the molecule is C[Si](C)(C)/C=C/C[P+](c1ccccc1)(c1ccccc1)c1ccccc1.[Br-]. The maximum Gasteiger partial charge on any atom is 0.115 e. The highest BCUT2D eigenvalue weighted by Gasteiger charge is 2.44. The van der Waals surface area contributed by atoms with Crippen LogP contribution < -0.4 is 32.9 Å². The van der Waals surface area contributed by atoms with Gasteiger partial charge in [-0.1, -0.05) is 86.0 Å². The van der Waals surface area contributed by atoms with Crippen molar-refractivity contribution in [3.05, 3.63) is 103 Å². The molecule has 140 valence electrons. The van der Waals surface area contributed by atoms with Gasteiger partial charge < -0.3 is 17.0 Å². The van der Waals surface area contributed by atoms with Crippen molar-refractivity contribution in [1.29, 1.82) is 0 Å². The highest BCUT2D eigenvalue weighted by molar-refractivity contribution is 7.95. The van der Waals surface area contributed by atoms with Gasteiger partial charge in [-0.25, -0.2) is 0 Å². The first-order valence-corrected chi connectivity index (χ1v) is 14.8. The quantitative estimate of drug-likeness (QED) is 0.396. The highest BCUT2D eigenvalue weighted by atomic mass is 79.9. The fourth-order valence-corrected chi connectivity index (χ4v) is 8.39. The fourth-order valence-electron chi connectivity index (χ4n) is 3.38. The van der Waals surface area contributed by atoms with Crippen molar-refractivity contribution in [3.8, 4) is 0 Å². The molecule has 0 unspecified atom stereocenters. The molecule has 0 nitrogen and oxygen atoms in total. The Bertz CT molecular complexity index is 743. The van der Waals surface area contributed by atoms with Crippen molar-refractivity contribution < 1.29 is 17.0 Å². The van der Waals surface area contributed by atoms with E-state index < -0.39 is 15.3 Å². The van der Waals surface area contributed by atoms with Gasteiger partial charge in [0.2, 0.25) is 0 Å². The molecule has 0 saturated heterocycles. The minimum absolute atomic E-state index is 0. The van der Waals surface area contributed by atoms with Crippen molar-refractivity contribution >= 4 is 31.2 Å². The molecule has 0 heterocycles. The summed E-state index contributed by atoms with van der Waals surface area (Å²) in [4.78, 5) is 0. The molecule has 27 heavy (non-hydrogen) atoms. The van der Waals surface area contributed by atoms with Crippen LogP contribution in [0.15, 0.2) is 103 Å². The van der Waals surface area contributed by atoms with Crippen molar-refractivity contribution in [3.63, 3.8) is 0 Å². The van der Waals surface area contributed by atoms with Crippen LogP contribution in [0.3, 0.4) is 0 Å². The Morgan fingerprint density at radius 2 is 0.963 bits per heavy atom. The summed E-state index contributed by atoms with van der Waals surface area (Å²) in [7, 11) is -2.93. The summed E-state index contributed by atoms with van der Waals surface area (Å²) in [5, 5.41) is 4.37. The average molecular weight is 455 g/mol. The molecule has 0 bridgehead atoms. The minimum atomic E-state index is -1.70. The molecule has 0 saturated carbocycles. The van der Waals surface area contributed by atoms with Crippen molar-refractivity contribution in [1.82, 2.24) is 0 Å². The third kappa shape index (κ3) is 5.29. The van der Waals surface area contributed by atoms with E-state index in [1.807, 2.05) is 0 Å². The van der Waals surface area contributed by atoms with E-state index in [-0.39, 0.29) is 17.0 Å². The lowest BCUT2D eigenvalue weighted by Crippen LogP contribution is -3.00. The van der Waals surface area contributed by atoms with Crippen LogP contribution in [0.25, 0.3) is 0 Å². The van der Waals surface area contributed by atoms with E-state index in [2.05, 4.69) is 122 Å². The van der Waals surface area contributed by atoms with Crippen LogP contribution in [0.2, 0.25) is 19.6 Å². The predicted molar refractivity (Wildman–Crippen MR) is 123 cm³/mol. The summed E-state index contributed by atoms with van der Waals surface area (Å²) in [5.41, 5.74) is 2.50. The average Bonchev–Trinajstić information content (AvgIpc) is 2.67. The molecule has 0 radical (unpaired) electrons. The largest absolute Gasteiger partial charge is 1.00 e. The molecule has 0 aliphatic rings. The Morgan fingerprint density at radius 3 is 1.26 bits per heavy atom. The summed E-state index contributed by atoms with van der Waals surface area (Å²) < 4.78 is 0. The van der Waals surface area contributed by atoms with Crippen molar-refractivity contribution in [2.45, 2.75) is 19.6 Å². The Kier molecular flexibility index (Phi) is 7.79. The van der Waals surface area contributed by atoms with E-state index in [0.717, 1.165) is 6.16 Å². The van der Waals surface area contributed by atoms with Gasteiger partial charge in [0.25, 0.3) is 0 Å². The molecular weight excluding hydrogens is 427 g/mol. The standard InChI is InChI=1S/C24H28PSi.BrH/c1-26(2,3)21-13-20-25(22-14-7-4-8-15-22,23-16-9-5-10-17-23)24-18-11-6-12-19-24;/h4-19,21H,20H2,1-3H3;1H/q+1;/p-1/b21-13+;. The van der Waals surface area contributed by atoms with Crippen LogP contribution >= 0.6 is 7.26 Å². The fraction of sp³-hybridized carbons (Fsp3) is 0.167. The van der Waals surface area contributed by atoms with Crippen LogP contribution in [-0.2, 0) is 0 Å². The highest BCUT2D eigenvalue weighted by Crippen LogP contribution is 2.55. The van der Waals surface area contributed by atoms with Crippen LogP contribution in [0.4, 0.5) is 0 Å². The Hall–Kier alpha value is -1.47. The first kappa shape index (κ1) is 21.8. The molecule has 3 rings (SSSR count). The van der Waals surface area contributed by atoms with Gasteiger partial charge in [0.15, 0.2) is 0 Å². The lowest BCUT2D eigenvalue weighted by molar-refractivity contribution is -0.00000538. The molecule has 0 aliphatic carbocycles. The molecule has 3 heteroatoms. The Morgan fingerprint density at radius 1 is 0.630 bits per heavy atom. The summed E-state index contributed by atoms with van der Waals surface area (Å²) in [6.45, 7) is 7.20. The molecule has 0 aliphatic heterocycles. The lowest BCUT2D eigenvalue weighted by atomic mass is 10.4. The van der Waals surface area contributed by atoms with Crippen molar-refractivity contribution in [2.24, 2.45) is 0 Å². The number of rotatable bonds is 6. The zero-order valence-electron chi connectivity index (χ0n) is 16.3. The first-order valence-electron chi connectivity index (χ1n) is 9.25. The number of halogens is 1. The summed E-state index contributed by atoms with van der Waals surface area (Å²) >= 11 is 0. The Labute approximate surface area is 176 Å². The molecule has 0 amide bonds. The molecule has 0 aromatic heterocycles. The van der Waals surface area contributed by atoms with Gasteiger partial charge in [-0.2, -0.15) is 0 Å². The molecule has 0 N–H and O–H groups in total. The van der Waals surface area contributed by atoms with Crippen LogP contribution in [0.1, 0.15) is 0 Å². The maximum atomic E-state index is 2.50. The molecule has 0 atom stereocenters. The monoisotopic (exact) mass is 454 g/mol. The van der Waals surface area contributed by atoms with Gasteiger partial charge in [-0.15, -0.1) is 0 Å². The summed E-state index contributed by atoms with van der Waals surface area (Å²) in [5.74, 6) is 0. The van der Waals surface area contributed by atoms with Crippen LogP contribution in [0, 0.1) is 0 Å². The molecular formula is C24H28BrPSi. The minimum Gasteiger partial charge on any atom is -1.00 e. The number of allylic oxidation sites excluding steroid dienone is 1. The zero-order chi connectivity index (χ0) is 18.5. The maximum absolute atomic E-state index is 2.50. The number of hydrogen-bond acceptors (Lipinski definition) is 0. The van der Waals surface area contributed by atoms with Gasteiger partial charge in [0.05, 0.1) is 14.2 Å². The number of hydrogen-bond donors (Lipinski definition) is 0. The van der Waals surface area contributed by atoms with Gasteiger partial charge in [-0.3, -0.25) is 0 Å². The Balaban J connectivity index is 0.00000261. The smallest absolute Gasteiger partial charge is 0.115 e. The second-order valence-electron chi connectivity index (χ2n) is 7.77. The third-order valence-corrected chi connectivity index (χ3v) is 10.1. The van der Waals surface area contributed by atoms with E-state index in [1.54, 1.807) is 0 Å².